The first-order valence-corrected chi connectivity index (χ1v) is 5.40. The molecule has 1 fully saturated rings. The van der Waals surface area contributed by atoms with Gasteiger partial charge in [-0.2, -0.15) is 0 Å². The number of hydrogen-bond acceptors (Lipinski definition) is 0. The molecule has 12 heavy (non-hydrogen) atoms. The third kappa shape index (κ3) is 2.90. The molecule has 0 aromatic carbocycles. The zero-order valence-electron chi connectivity index (χ0n) is 6.51. The first-order chi connectivity index (χ1) is 5.61. The van der Waals surface area contributed by atoms with Crippen molar-refractivity contribution in [2.24, 2.45) is 0 Å². The van der Waals surface area contributed by atoms with Crippen LogP contribution in [0.3, 0.4) is 0 Å². The number of piperazine rings is 1. The van der Waals surface area contributed by atoms with Gasteiger partial charge in [-0.3, -0.25) is 0 Å². The highest BCUT2D eigenvalue weighted by atomic mass is 32.2. The van der Waals surface area contributed by atoms with Crippen LogP contribution in [0.2, 0.25) is 0 Å². The van der Waals surface area contributed by atoms with Gasteiger partial charge in [0.05, 0.1) is 0 Å². The van der Waals surface area contributed by atoms with E-state index in [4.69, 9.17) is 0 Å². The van der Waals surface area contributed by atoms with E-state index in [0.717, 1.165) is 34.9 Å². The molecule has 0 aromatic rings. The van der Waals surface area contributed by atoms with E-state index in [0.29, 0.717) is 0 Å². The SMILES string of the molecule is SC(S)=[N+]1CC[N+](=C(S)S)CC1. The maximum Gasteiger partial charge on any atom is 0.264 e. The van der Waals surface area contributed by atoms with Gasteiger partial charge >= 0.3 is 0 Å². The summed E-state index contributed by atoms with van der Waals surface area (Å²) in [5, 5.41) is 0. The fraction of sp³-hybridized carbons (Fsp3) is 0.667. The summed E-state index contributed by atoms with van der Waals surface area (Å²) in [4.78, 5) is 0. The minimum Gasteiger partial charge on any atom is -0.206 e. The Morgan fingerprint density at radius 1 is 0.667 bits per heavy atom. The zero-order chi connectivity index (χ0) is 9.14. The van der Waals surface area contributed by atoms with Gasteiger partial charge in [0, 0.05) is 0 Å². The maximum atomic E-state index is 4.17. The highest BCUT2D eigenvalue weighted by Gasteiger charge is 2.23. The Hall–Kier alpha value is 0.740. The zero-order valence-corrected chi connectivity index (χ0v) is 10.1. The summed E-state index contributed by atoms with van der Waals surface area (Å²) in [6.07, 6.45) is 0. The van der Waals surface area contributed by atoms with Crippen molar-refractivity contribution in [1.29, 1.82) is 0 Å². The van der Waals surface area contributed by atoms with Gasteiger partial charge in [0.2, 0.25) is 26.2 Å². The molecule has 1 aliphatic rings. The van der Waals surface area contributed by atoms with Gasteiger partial charge in [0.25, 0.3) is 8.75 Å². The van der Waals surface area contributed by atoms with Crippen molar-refractivity contribution in [2.75, 3.05) is 26.2 Å². The van der Waals surface area contributed by atoms with Crippen LogP contribution in [0.4, 0.5) is 0 Å². The summed E-state index contributed by atoms with van der Waals surface area (Å²) in [5.74, 6) is 0. The second kappa shape index (κ2) is 4.83. The molecule has 0 spiro atoms. The van der Waals surface area contributed by atoms with Crippen LogP contribution in [0, 0.1) is 0 Å². The van der Waals surface area contributed by atoms with Crippen molar-refractivity contribution >= 4 is 59.3 Å². The summed E-state index contributed by atoms with van der Waals surface area (Å²) in [6.45, 7) is 3.75. The van der Waals surface area contributed by atoms with Crippen LogP contribution in [-0.2, 0) is 0 Å². The van der Waals surface area contributed by atoms with Crippen LogP contribution >= 0.6 is 50.5 Å². The summed E-state index contributed by atoms with van der Waals surface area (Å²) in [5.41, 5.74) is 0. The molecule has 2 nitrogen and oxygen atoms in total. The molecular formula is C6H12N2S4+2. The van der Waals surface area contributed by atoms with Crippen molar-refractivity contribution in [3.8, 4) is 0 Å². The fourth-order valence-corrected chi connectivity index (χ4v) is 1.91. The normalized spacial score (nSPS) is 18.0. The Morgan fingerprint density at radius 2 is 0.917 bits per heavy atom. The maximum absolute atomic E-state index is 4.17. The van der Waals surface area contributed by atoms with E-state index in [1.807, 2.05) is 0 Å². The minimum atomic E-state index is 0.787. The third-order valence-corrected chi connectivity index (χ3v) is 2.98. The predicted molar refractivity (Wildman–Crippen MR) is 65.9 cm³/mol. The molecule has 1 heterocycles. The van der Waals surface area contributed by atoms with Gasteiger partial charge in [-0.1, -0.05) is 50.5 Å². The molecule has 0 amide bonds. The van der Waals surface area contributed by atoms with E-state index in [1.54, 1.807) is 0 Å². The summed E-state index contributed by atoms with van der Waals surface area (Å²) in [7, 11) is 0. The number of hydrogen-bond donors (Lipinski definition) is 4. The molecule has 0 atom stereocenters. The smallest absolute Gasteiger partial charge is 0.206 e. The molecule has 1 aliphatic heterocycles. The molecule has 0 unspecified atom stereocenters. The Balaban J connectivity index is 2.63. The highest BCUT2D eigenvalue weighted by Crippen LogP contribution is 2.00. The van der Waals surface area contributed by atoms with Crippen LogP contribution in [0.1, 0.15) is 0 Å². The third-order valence-electron chi connectivity index (χ3n) is 1.85. The molecule has 0 bridgehead atoms. The minimum absolute atomic E-state index is 0.787. The van der Waals surface area contributed by atoms with Crippen molar-refractivity contribution in [3.05, 3.63) is 0 Å². The molecule has 0 radical (unpaired) electrons. The van der Waals surface area contributed by atoms with Crippen LogP contribution in [0.25, 0.3) is 0 Å². The topological polar surface area (TPSA) is 6.02 Å². The van der Waals surface area contributed by atoms with Crippen LogP contribution in [0.5, 0.6) is 0 Å². The van der Waals surface area contributed by atoms with Crippen LogP contribution in [-0.4, -0.2) is 44.1 Å². The van der Waals surface area contributed by atoms with Gasteiger partial charge < -0.3 is 0 Å². The van der Waals surface area contributed by atoms with Gasteiger partial charge in [-0.25, -0.2) is 9.15 Å². The second-order valence-electron chi connectivity index (χ2n) is 2.57. The van der Waals surface area contributed by atoms with Crippen molar-refractivity contribution in [3.63, 3.8) is 0 Å². The van der Waals surface area contributed by atoms with Crippen LogP contribution < -0.4 is 0 Å². The van der Waals surface area contributed by atoms with Crippen molar-refractivity contribution in [1.82, 2.24) is 0 Å². The fourth-order valence-electron chi connectivity index (χ4n) is 1.11. The molecule has 1 rings (SSSR count). The summed E-state index contributed by atoms with van der Waals surface area (Å²) < 4.78 is 5.81. The Bertz CT molecular complexity index is 200. The van der Waals surface area contributed by atoms with Gasteiger partial charge in [0.1, 0.15) is 0 Å². The van der Waals surface area contributed by atoms with Gasteiger partial charge in [-0.05, 0) is 0 Å². The van der Waals surface area contributed by atoms with Crippen LogP contribution in [0.15, 0.2) is 0 Å². The number of rotatable bonds is 0. The van der Waals surface area contributed by atoms with Gasteiger partial charge in [-0.15, -0.1) is 0 Å². The molecule has 0 N–H and O–H groups in total. The van der Waals surface area contributed by atoms with E-state index in [-0.39, 0.29) is 0 Å². The van der Waals surface area contributed by atoms with E-state index in [9.17, 15) is 0 Å². The average molecular weight is 240 g/mol. The molecule has 0 aromatic heterocycles. The average Bonchev–Trinajstić information content (AvgIpc) is 2.04. The lowest BCUT2D eigenvalue weighted by molar-refractivity contribution is -0.660. The standard InChI is InChI=1S/C6H10N2S4/c9-5(10)7-1-2-8(4-3-7)6(11)12/h1-4H2,(H2,9,10,11,12)/p+2. The lowest BCUT2D eigenvalue weighted by Gasteiger charge is -2.10. The lowest BCUT2D eigenvalue weighted by atomic mass is 10.4. The second-order valence-corrected chi connectivity index (χ2v) is 4.97. The van der Waals surface area contributed by atoms with E-state index < -0.39 is 0 Å². The van der Waals surface area contributed by atoms with Crippen molar-refractivity contribution in [2.45, 2.75) is 0 Å². The Morgan fingerprint density at radius 3 is 1.08 bits per heavy atom. The molecule has 1 saturated heterocycles. The number of nitrogens with zero attached hydrogens (tertiary/aromatic N) is 2. The number of thiol groups is 4. The largest absolute Gasteiger partial charge is 0.264 e. The molecule has 6 heteroatoms. The Labute approximate surface area is 94.4 Å². The Kier molecular flexibility index (Phi) is 4.36. The molecule has 0 aliphatic carbocycles. The summed E-state index contributed by atoms with van der Waals surface area (Å²) >= 11 is 16.7. The quantitative estimate of drug-likeness (QED) is 0.265. The van der Waals surface area contributed by atoms with E-state index in [1.165, 1.54) is 0 Å². The highest BCUT2D eigenvalue weighted by molar-refractivity contribution is 8.23. The molecule has 68 valence electrons. The van der Waals surface area contributed by atoms with Gasteiger partial charge in [0.15, 0.2) is 0 Å². The monoisotopic (exact) mass is 240 g/mol. The van der Waals surface area contributed by atoms with E-state index in [2.05, 4.69) is 59.7 Å². The first-order valence-electron chi connectivity index (χ1n) is 3.61. The van der Waals surface area contributed by atoms with E-state index >= 15 is 0 Å². The van der Waals surface area contributed by atoms with Crippen molar-refractivity contribution < 1.29 is 9.15 Å². The predicted octanol–water partition coefficient (Wildman–Crippen LogP) is 0.456. The molecular weight excluding hydrogens is 228 g/mol. The lowest BCUT2D eigenvalue weighted by Crippen LogP contribution is -2.38. The first kappa shape index (κ1) is 10.8. The summed E-state index contributed by atoms with van der Waals surface area (Å²) in [6, 6.07) is 0. The molecule has 0 saturated carbocycles.